The van der Waals surface area contributed by atoms with Crippen LogP contribution in [0.2, 0.25) is 0 Å². The number of pyridine rings is 1. The van der Waals surface area contributed by atoms with Crippen LogP contribution >= 0.6 is 11.3 Å². The first kappa shape index (κ1) is 12.7. The molecule has 18 heavy (non-hydrogen) atoms. The van der Waals surface area contributed by atoms with Gasteiger partial charge < -0.3 is 5.32 Å². The van der Waals surface area contributed by atoms with E-state index in [-0.39, 0.29) is 5.91 Å². The monoisotopic (exact) mass is 261 g/mol. The van der Waals surface area contributed by atoms with E-state index in [2.05, 4.69) is 29.1 Å². The van der Waals surface area contributed by atoms with Crippen LogP contribution in [-0.4, -0.2) is 15.9 Å². The summed E-state index contributed by atoms with van der Waals surface area (Å²) in [5.74, 6) is 0.341. The highest BCUT2D eigenvalue weighted by Crippen LogP contribution is 2.19. The lowest BCUT2D eigenvalue weighted by Crippen LogP contribution is -2.14. The molecular weight excluding hydrogens is 246 g/mol. The van der Waals surface area contributed by atoms with Gasteiger partial charge in [-0.3, -0.25) is 9.78 Å². The molecule has 0 spiro atoms. The number of carbonyl (C=O) groups excluding carboxylic acids is 1. The Labute approximate surface area is 110 Å². The van der Waals surface area contributed by atoms with Crippen molar-refractivity contribution >= 4 is 22.9 Å². The van der Waals surface area contributed by atoms with Crippen molar-refractivity contribution in [2.45, 2.75) is 26.2 Å². The molecule has 5 heteroatoms. The van der Waals surface area contributed by atoms with Crippen LogP contribution in [-0.2, 0) is 11.2 Å². The number of rotatable bonds is 4. The molecule has 0 radical (unpaired) electrons. The molecule has 0 saturated heterocycles. The zero-order chi connectivity index (χ0) is 13.0. The summed E-state index contributed by atoms with van der Waals surface area (Å²) in [5, 5.41) is 5.80. The zero-order valence-electron chi connectivity index (χ0n) is 10.4. The van der Waals surface area contributed by atoms with Crippen molar-refractivity contribution in [1.82, 2.24) is 9.97 Å². The topological polar surface area (TPSA) is 54.9 Å². The second-order valence-corrected chi connectivity index (χ2v) is 5.19. The molecule has 2 aromatic rings. The van der Waals surface area contributed by atoms with Crippen molar-refractivity contribution in [2.75, 3.05) is 5.32 Å². The van der Waals surface area contributed by atoms with Crippen molar-refractivity contribution in [1.29, 1.82) is 0 Å². The van der Waals surface area contributed by atoms with Crippen molar-refractivity contribution in [3.8, 4) is 0 Å². The van der Waals surface area contributed by atoms with Gasteiger partial charge in [0.2, 0.25) is 5.91 Å². The molecule has 0 fully saturated rings. The summed E-state index contributed by atoms with van der Waals surface area (Å²) in [7, 11) is 0. The van der Waals surface area contributed by atoms with Crippen molar-refractivity contribution in [2.24, 2.45) is 0 Å². The molecule has 0 aromatic carbocycles. The number of thiazole rings is 1. The van der Waals surface area contributed by atoms with Gasteiger partial charge in [-0.05, 0) is 12.1 Å². The highest BCUT2D eigenvalue weighted by molar-refractivity contribution is 7.09. The van der Waals surface area contributed by atoms with Gasteiger partial charge >= 0.3 is 0 Å². The Balaban J connectivity index is 1.95. The average Bonchev–Trinajstić information content (AvgIpc) is 2.78. The van der Waals surface area contributed by atoms with Gasteiger partial charge in [-0.15, -0.1) is 11.3 Å². The molecule has 1 amide bonds. The number of hydrogen-bond acceptors (Lipinski definition) is 4. The van der Waals surface area contributed by atoms with Crippen LogP contribution in [0.1, 0.15) is 30.5 Å². The molecule has 1 N–H and O–H groups in total. The highest BCUT2D eigenvalue weighted by Gasteiger charge is 2.09. The lowest BCUT2D eigenvalue weighted by Gasteiger charge is -2.02. The molecule has 4 nitrogen and oxygen atoms in total. The first-order chi connectivity index (χ1) is 8.65. The molecule has 0 saturated carbocycles. The van der Waals surface area contributed by atoms with Crippen LogP contribution in [0.3, 0.4) is 0 Å². The smallest absolute Gasteiger partial charge is 0.230 e. The van der Waals surface area contributed by atoms with Gasteiger partial charge in [-0.2, -0.15) is 0 Å². The number of carbonyl (C=O) groups is 1. The molecule has 0 aliphatic carbocycles. The Bertz CT molecular complexity index is 522. The number of nitrogens with one attached hydrogen (secondary N) is 1. The summed E-state index contributed by atoms with van der Waals surface area (Å²) in [5.41, 5.74) is 1.53. The van der Waals surface area contributed by atoms with Crippen LogP contribution < -0.4 is 5.32 Å². The molecule has 2 heterocycles. The third-order valence-corrected chi connectivity index (χ3v) is 3.54. The average molecular weight is 261 g/mol. The van der Waals surface area contributed by atoms with E-state index >= 15 is 0 Å². The minimum Gasteiger partial charge on any atom is -0.324 e. The van der Waals surface area contributed by atoms with E-state index in [1.54, 1.807) is 29.8 Å². The van der Waals surface area contributed by atoms with Gasteiger partial charge in [-0.25, -0.2) is 4.98 Å². The van der Waals surface area contributed by atoms with Gasteiger partial charge in [0, 0.05) is 17.5 Å². The second kappa shape index (κ2) is 5.73. The minimum atomic E-state index is -0.0661. The molecule has 2 aromatic heterocycles. The predicted octanol–water partition coefficient (Wildman–Crippen LogP) is 2.84. The number of anilines is 1. The maximum atomic E-state index is 11.8. The van der Waals surface area contributed by atoms with Crippen LogP contribution in [0.4, 0.5) is 5.69 Å². The number of amides is 1. The quantitative estimate of drug-likeness (QED) is 0.920. The van der Waals surface area contributed by atoms with Gasteiger partial charge in [0.05, 0.1) is 29.0 Å². The van der Waals surface area contributed by atoms with Gasteiger partial charge in [0.25, 0.3) is 0 Å². The molecule has 0 unspecified atom stereocenters. The van der Waals surface area contributed by atoms with E-state index in [0.29, 0.717) is 18.0 Å². The lowest BCUT2D eigenvalue weighted by atomic mass is 10.2. The van der Waals surface area contributed by atoms with Crippen LogP contribution in [0.5, 0.6) is 0 Å². The lowest BCUT2D eigenvalue weighted by molar-refractivity contribution is -0.115. The van der Waals surface area contributed by atoms with Crippen molar-refractivity contribution in [3.63, 3.8) is 0 Å². The number of nitrogens with zero attached hydrogens (tertiary/aromatic N) is 2. The Morgan fingerprint density at radius 1 is 1.50 bits per heavy atom. The maximum Gasteiger partial charge on any atom is 0.230 e. The van der Waals surface area contributed by atoms with Crippen molar-refractivity contribution in [3.05, 3.63) is 40.6 Å². The van der Waals surface area contributed by atoms with E-state index < -0.39 is 0 Å². The normalized spacial score (nSPS) is 10.6. The summed E-state index contributed by atoms with van der Waals surface area (Å²) in [6, 6.07) is 3.60. The molecule has 0 bridgehead atoms. The Kier molecular flexibility index (Phi) is 4.04. The van der Waals surface area contributed by atoms with E-state index in [4.69, 9.17) is 0 Å². The summed E-state index contributed by atoms with van der Waals surface area (Å²) in [6.45, 7) is 4.19. The highest BCUT2D eigenvalue weighted by atomic mass is 32.1. The third kappa shape index (κ3) is 3.37. The Hall–Kier alpha value is -1.75. The van der Waals surface area contributed by atoms with E-state index in [0.717, 1.165) is 10.7 Å². The van der Waals surface area contributed by atoms with Gasteiger partial charge in [-0.1, -0.05) is 13.8 Å². The SMILES string of the molecule is CC(C)c1nc(CC(=O)Nc2cccnc2)cs1. The fourth-order valence-electron chi connectivity index (χ4n) is 1.48. The standard InChI is InChI=1S/C13H15N3OS/c1-9(2)13-16-11(8-18-13)6-12(17)15-10-4-3-5-14-7-10/h3-5,7-9H,6H2,1-2H3,(H,15,17). The number of aromatic nitrogens is 2. The van der Waals surface area contributed by atoms with Crippen molar-refractivity contribution < 1.29 is 4.79 Å². The van der Waals surface area contributed by atoms with Crippen LogP contribution in [0.25, 0.3) is 0 Å². The molecular formula is C13H15N3OS. The number of hydrogen-bond donors (Lipinski definition) is 1. The van der Waals surface area contributed by atoms with Crippen LogP contribution in [0, 0.1) is 0 Å². The molecule has 0 aliphatic rings. The maximum absolute atomic E-state index is 11.8. The molecule has 0 aliphatic heterocycles. The van der Waals surface area contributed by atoms with Gasteiger partial charge in [0.1, 0.15) is 0 Å². The Morgan fingerprint density at radius 2 is 2.33 bits per heavy atom. The van der Waals surface area contributed by atoms with Crippen LogP contribution in [0.15, 0.2) is 29.9 Å². The molecule has 2 rings (SSSR count). The molecule has 0 atom stereocenters. The first-order valence-corrected chi connectivity index (χ1v) is 6.67. The Morgan fingerprint density at radius 3 is 2.94 bits per heavy atom. The summed E-state index contributed by atoms with van der Waals surface area (Å²) in [4.78, 5) is 20.2. The van der Waals surface area contributed by atoms with E-state index in [1.165, 1.54) is 0 Å². The summed E-state index contributed by atoms with van der Waals surface area (Å²) < 4.78 is 0. The first-order valence-electron chi connectivity index (χ1n) is 5.79. The largest absolute Gasteiger partial charge is 0.324 e. The fourth-order valence-corrected chi connectivity index (χ4v) is 2.31. The predicted molar refractivity (Wildman–Crippen MR) is 72.8 cm³/mol. The minimum absolute atomic E-state index is 0.0661. The summed E-state index contributed by atoms with van der Waals surface area (Å²) in [6.07, 6.45) is 3.60. The second-order valence-electron chi connectivity index (χ2n) is 4.30. The molecule has 94 valence electrons. The fraction of sp³-hybridized carbons (Fsp3) is 0.308. The van der Waals surface area contributed by atoms with E-state index in [1.807, 2.05) is 11.4 Å². The van der Waals surface area contributed by atoms with Gasteiger partial charge in [0.15, 0.2) is 0 Å². The summed E-state index contributed by atoms with van der Waals surface area (Å²) >= 11 is 1.60. The van der Waals surface area contributed by atoms with E-state index in [9.17, 15) is 4.79 Å². The zero-order valence-corrected chi connectivity index (χ0v) is 11.2. The third-order valence-electron chi connectivity index (χ3n) is 2.35.